The molecule has 3 unspecified atom stereocenters. The van der Waals surface area contributed by atoms with Crippen LogP contribution in [0.25, 0.3) is 0 Å². The molecule has 0 aromatic heterocycles. The van der Waals surface area contributed by atoms with Gasteiger partial charge in [-0.15, -0.1) is 0 Å². The van der Waals surface area contributed by atoms with Crippen LogP contribution in [0.4, 0.5) is 0 Å². The first-order chi connectivity index (χ1) is 53.6. The number of phosphoric acid groups is 2. The molecule has 0 rings (SSSR count). The third-order valence-corrected chi connectivity index (χ3v) is 23.8. The summed E-state index contributed by atoms with van der Waals surface area (Å²) in [5.74, 6) is -1.22. The molecule has 19 heteroatoms. The number of carbonyl (C=O) groups excluding carboxylic acids is 4. The van der Waals surface area contributed by atoms with Gasteiger partial charge in [-0.2, -0.15) is 0 Å². The van der Waals surface area contributed by atoms with Crippen molar-refractivity contribution in [3.63, 3.8) is 0 Å². The highest BCUT2D eigenvalue weighted by atomic mass is 31.2. The van der Waals surface area contributed by atoms with Gasteiger partial charge in [-0.3, -0.25) is 37.3 Å². The largest absolute Gasteiger partial charge is 0.472 e. The van der Waals surface area contributed by atoms with Gasteiger partial charge in [0, 0.05) is 25.7 Å². The summed E-state index contributed by atoms with van der Waals surface area (Å²) in [6.07, 6.45) is 79.3. The van der Waals surface area contributed by atoms with E-state index >= 15 is 0 Å². The molecule has 6 atom stereocenters. The van der Waals surface area contributed by atoms with Gasteiger partial charge in [0.1, 0.15) is 19.3 Å². The summed E-state index contributed by atoms with van der Waals surface area (Å²) in [6.45, 7) is 7.44. The van der Waals surface area contributed by atoms with Gasteiger partial charge in [-0.1, -0.05) is 446 Å². The van der Waals surface area contributed by atoms with Crippen LogP contribution in [0.5, 0.6) is 0 Å². The second-order valence-electron chi connectivity index (χ2n) is 32.9. The highest BCUT2D eigenvalue weighted by molar-refractivity contribution is 7.47. The fourth-order valence-electron chi connectivity index (χ4n) is 14.3. The predicted molar refractivity (Wildman–Crippen MR) is 455 cm³/mol. The Hall–Kier alpha value is -1.94. The highest BCUT2D eigenvalue weighted by Gasteiger charge is 2.31. The molecule has 0 heterocycles. The van der Waals surface area contributed by atoms with Crippen LogP contribution in [0.2, 0.25) is 0 Å². The van der Waals surface area contributed by atoms with Gasteiger partial charge in [-0.05, 0) is 31.6 Å². The fourth-order valence-corrected chi connectivity index (χ4v) is 15.9. The molecular formula is C91H178O17P2. The van der Waals surface area contributed by atoms with E-state index in [0.717, 1.165) is 95.8 Å². The smallest absolute Gasteiger partial charge is 0.462 e. The molecule has 17 nitrogen and oxygen atoms in total. The molecule has 110 heavy (non-hydrogen) atoms. The van der Waals surface area contributed by atoms with E-state index in [0.29, 0.717) is 25.7 Å². The Kier molecular flexibility index (Phi) is 82.1. The van der Waals surface area contributed by atoms with Crippen LogP contribution >= 0.6 is 15.6 Å². The molecule has 0 aromatic rings. The van der Waals surface area contributed by atoms with Crippen LogP contribution in [0.1, 0.15) is 497 Å². The summed E-state index contributed by atoms with van der Waals surface area (Å²) >= 11 is 0. The number of esters is 4. The van der Waals surface area contributed by atoms with Crippen molar-refractivity contribution in [2.24, 2.45) is 5.92 Å². The Bertz CT molecular complexity index is 2080. The number of carbonyl (C=O) groups is 4. The van der Waals surface area contributed by atoms with E-state index in [1.807, 2.05) is 0 Å². The van der Waals surface area contributed by atoms with Crippen LogP contribution < -0.4 is 0 Å². The summed E-state index contributed by atoms with van der Waals surface area (Å²) in [5, 5.41) is 10.7. The zero-order valence-corrected chi connectivity index (χ0v) is 74.2. The molecule has 0 aromatic carbocycles. The summed E-state index contributed by atoms with van der Waals surface area (Å²) in [6, 6.07) is 0. The number of hydrogen-bond acceptors (Lipinski definition) is 15. The Balaban J connectivity index is 5.19. The van der Waals surface area contributed by atoms with Gasteiger partial charge in [0.2, 0.25) is 0 Å². The van der Waals surface area contributed by atoms with Crippen molar-refractivity contribution in [3.8, 4) is 0 Å². The van der Waals surface area contributed by atoms with Gasteiger partial charge in [-0.25, -0.2) is 9.13 Å². The van der Waals surface area contributed by atoms with Crippen molar-refractivity contribution in [3.05, 3.63) is 0 Å². The van der Waals surface area contributed by atoms with Crippen LogP contribution in [0, 0.1) is 5.92 Å². The molecule has 0 saturated carbocycles. The fraction of sp³-hybridized carbons (Fsp3) is 0.956. The Morgan fingerprint density at radius 3 is 0.645 bits per heavy atom. The van der Waals surface area contributed by atoms with Crippen molar-refractivity contribution < 1.29 is 80.2 Å². The van der Waals surface area contributed by atoms with Gasteiger partial charge < -0.3 is 33.8 Å². The minimum Gasteiger partial charge on any atom is -0.462 e. The molecule has 0 aliphatic carbocycles. The van der Waals surface area contributed by atoms with E-state index in [-0.39, 0.29) is 25.7 Å². The number of rotatable bonds is 91. The van der Waals surface area contributed by atoms with Crippen molar-refractivity contribution >= 4 is 39.5 Å². The van der Waals surface area contributed by atoms with Crippen LogP contribution in [-0.4, -0.2) is 96.7 Å². The highest BCUT2D eigenvalue weighted by Crippen LogP contribution is 2.45. The molecule has 3 N–H and O–H groups in total. The SMILES string of the molecule is CCCCCCCCCCCCCCCCCCCCCCCCC(=O)OC[C@H](COP(=O)(O)OC[C@@H](O)COP(=O)(O)OC[C@@H](COC(=O)CCCCCCCCCCC)OC(=O)CCCCCCCCCCCCCCCCCCC)OC(=O)CCCCCCCCCCCCCCCCCCCCC(C)CC. The van der Waals surface area contributed by atoms with E-state index in [9.17, 15) is 43.2 Å². The number of ether oxygens (including phenoxy) is 4. The van der Waals surface area contributed by atoms with E-state index in [4.69, 9.17) is 37.0 Å². The minimum absolute atomic E-state index is 0.109. The quantitative estimate of drug-likeness (QED) is 0.0222. The van der Waals surface area contributed by atoms with Gasteiger partial charge in [0.15, 0.2) is 12.2 Å². The predicted octanol–water partition coefficient (Wildman–Crippen LogP) is 28.3. The van der Waals surface area contributed by atoms with Crippen molar-refractivity contribution in [2.75, 3.05) is 39.6 Å². The van der Waals surface area contributed by atoms with E-state index in [2.05, 4.69) is 34.6 Å². The van der Waals surface area contributed by atoms with Crippen molar-refractivity contribution in [1.29, 1.82) is 0 Å². The first-order valence-electron chi connectivity index (χ1n) is 47.2. The number of aliphatic hydroxyl groups is 1. The van der Waals surface area contributed by atoms with Crippen LogP contribution in [0.3, 0.4) is 0 Å². The summed E-state index contributed by atoms with van der Waals surface area (Å²) in [5.41, 5.74) is 0. The summed E-state index contributed by atoms with van der Waals surface area (Å²) in [7, 11) is -9.93. The molecular weight excluding hydrogens is 1430 g/mol. The Labute approximate surface area is 677 Å². The average molecular weight is 1610 g/mol. The summed E-state index contributed by atoms with van der Waals surface area (Å²) in [4.78, 5) is 73.3. The molecule has 0 fully saturated rings. The zero-order chi connectivity index (χ0) is 80.4. The first-order valence-corrected chi connectivity index (χ1v) is 50.2. The number of hydrogen-bond donors (Lipinski definition) is 3. The van der Waals surface area contributed by atoms with E-state index in [1.54, 1.807) is 0 Å². The third kappa shape index (κ3) is 82.6. The van der Waals surface area contributed by atoms with Gasteiger partial charge in [0.25, 0.3) is 0 Å². The second-order valence-corrected chi connectivity index (χ2v) is 35.8. The van der Waals surface area contributed by atoms with Crippen molar-refractivity contribution in [1.82, 2.24) is 0 Å². The van der Waals surface area contributed by atoms with Crippen LogP contribution in [0.15, 0.2) is 0 Å². The van der Waals surface area contributed by atoms with Gasteiger partial charge >= 0.3 is 39.5 Å². The minimum atomic E-state index is -4.97. The molecule has 0 saturated heterocycles. The second kappa shape index (κ2) is 83.5. The molecule has 0 aliphatic heterocycles. The number of phosphoric ester groups is 2. The van der Waals surface area contributed by atoms with E-state index in [1.165, 1.54) is 321 Å². The lowest BCUT2D eigenvalue weighted by Gasteiger charge is -2.21. The maximum absolute atomic E-state index is 13.2. The first kappa shape index (κ1) is 108. The maximum Gasteiger partial charge on any atom is 0.472 e. The van der Waals surface area contributed by atoms with Crippen molar-refractivity contribution in [2.45, 2.75) is 515 Å². The standard InChI is InChI=1S/C91H178O17P2/c1-6-10-13-16-19-22-24-26-28-30-31-32-33-34-39-42-46-50-55-60-65-70-75-89(94)102-81-87(108-91(96)77-72-67-62-57-52-48-44-40-36-35-38-41-45-49-54-58-63-68-73-84(5)9-4)83-106-110(99,100)104-79-85(92)78-103-109(97,98)105-82-86(80-101-88(93)74-69-64-59-53-21-18-15-12-8-3)107-90(95)76-71-66-61-56-51-47-43-37-29-27-25-23-20-17-14-11-7-2/h84-87,92H,6-83H2,1-5H3,(H,97,98)(H,99,100)/t84?,85-,86+,87+/m0/s1. The normalized spacial score (nSPS) is 13.9. The Morgan fingerprint density at radius 1 is 0.255 bits per heavy atom. The third-order valence-electron chi connectivity index (χ3n) is 21.9. The lowest BCUT2D eigenvalue weighted by molar-refractivity contribution is -0.161. The lowest BCUT2D eigenvalue weighted by atomic mass is 9.99. The molecule has 654 valence electrons. The van der Waals surface area contributed by atoms with Crippen LogP contribution in [-0.2, 0) is 65.4 Å². The molecule has 0 bridgehead atoms. The molecule has 0 spiro atoms. The Morgan fingerprint density at radius 2 is 0.436 bits per heavy atom. The lowest BCUT2D eigenvalue weighted by Crippen LogP contribution is -2.30. The number of unbranched alkanes of at least 4 members (excludes halogenated alkanes) is 62. The average Bonchev–Trinajstić information content (AvgIpc) is 0.900. The molecule has 0 amide bonds. The van der Waals surface area contributed by atoms with E-state index < -0.39 is 97.5 Å². The number of aliphatic hydroxyl groups excluding tert-OH is 1. The summed E-state index contributed by atoms with van der Waals surface area (Å²) < 4.78 is 69.0. The molecule has 0 aliphatic rings. The van der Waals surface area contributed by atoms with Gasteiger partial charge in [0.05, 0.1) is 26.4 Å². The zero-order valence-electron chi connectivity index (χ0n) is 72.4. The topological polar surface area (TPSA) is 237 Å². The maximum atomic E-state index is 13.2. The molecule has 0 radical (unpaired) electrons. The monoisotopic (exact) mass is 1610 g/mol.